The Morgan fingerprint density at radius 1 is 1.10 bits per heavy atom. The number of rotatable bonds is 11. The third-order valence-corrected chi connectivity index (χ3v) is 2.98. The zero-order chi connectivity index (χ0) is 15.4. The molecule has 0 aliphatic carbocycles. The highest BCUT2D eigenvalue weighted by atomic mass is 16.3. The van der Waals surface area contributed by atoms with Gasteiger partial charge >= 0.3 is 0 Å². The molecule has 0 spiro atoms. The number of aliphatic hydroxyl groups is 1. The number of aliphatic hydroxyl groups excluding tert-OH is 1. The summed E-state index contributed by atoms with van der Waals surface area (Å²) in [5.41, 5.74) is 0. The number of likely N-dealkylation sites (N-methyl/N-ethyl adjacent to an activating group) is 1. The van der Waals surface area contributed by atoms with Crippen molar-refractivity contribution in [3.05, 3.63) is 0 Å². The molecule has 0 unspecified atom stereocenters. The molecule has 0 aromatic rings. The van der Waals surface area contributed by atoms with Crippen molar-refractivity contribution < 1.29 is 14.7 Å². The molecule has 6 heteroatoms. The van der Waals surface area contributed by atoms with Gasteiger partial charge in [0.15, 0.2) is 0 Å². The monoisotopic (exact) mass is 287 g/mol. The first-order valence-electron chi connectivity index (χ1n) is 7.39. The molecule has 0 rings (SSSR count). The molecule has 0 aromatic heterocycles. The smallest absolute Gasteiger partial charge is 0.239 e. The summed E-state index contributed by atoms with van der Waals surface area (Å²) in [6, 6.07) is 0. The van der Waals surface area contributed by atoms with Gasteiger partial charge in [0.25, 0.3) is 0 Å². The maximum Gasteiger partial charge on any atom is 0.239 e. The van der Waals surface area contributed by atoms with Crippen LogP contribution in [0.15, 0.2) is 0 Å². The van der Waals surface area contributed by atoms with Crippen LogP contribution in [0.2, 0.25) is 0 Å². The van der Waals surface area contributed by atoms with Crippen LogP contribution < -0.4 is 5.32 Å². The number of unbranched alkanes of at least 4 members (excludes halogenated alkanes) is 1. The maximum absolute atomic E-state index is 12.0. The molecule has 2 N–H and O–H groups in total. The molecule has 0 aliphatic heterocycles. The second kappa shape index (κ2) is 11.7. The Morgan fingerprint density at radius 2 is 1.80 bits per heavy atom. The van der Waals surface area contributed by atoms with Gasteiger partial charge in [-0.25, -0.2) is 0 Å². The number of carbonyl (C=O) groups excluding carboxylic acids is 2. The van der Waals surface area contributed by atoms with Crippen LogP contribution in [0.25, 0.3) is 0 Å². The molecule has 118 valence electrons. The fraction of sp³-hybridized carbons (Fsp3) is 0.857. The van der Waals surface area contributed by atoms with E-state index in [-0.39, 0.29) is 31.5 Å². The van der Waals surface area contributed by atoms with Crippen molar-refractivity contribution >= 4 is 11.8 Å². The lowest BCUT2D eigenvalue weighted by Gasteiger charge is -2.24. The van der Waals surface area contributed by atoms with E-state index in [9.17, 15) is 9.59 Å². The molecule has 0 heterocycles. The summed E-state index contributed by atoms with van der Waals surface area (Å²) in [5.74, 6) is -0.230. The van der Waals surface area contributed by atoms with Gasteiger partial charge in [-0.15, -0.1) is 0 Å². The number of carbonyl (C=O) groups is 2. The van der Waals surface area contributed by atoms with Gasteiger partial charge in [-0.1, -0.05) is 20.3 Å². The summed E-state index contributed by atoms with van der Waals surface area (Å²) in [7, 11) is 1.63. The van der Waals surface area contributed by atoms with E-state index in [0.29, 0.717) is 13.1 Å². The first kappa shape index (κ1) is 18.9. The largest absolute Gasteiger partial charge is 0.395 e. The first-order valence-corrected chi connectivity index (χ1v) is 7.39. The summed E-state index contributed by atoms with van der Waals surface area (Å²) in [6.45, 7) is 6.35. The molecule has 0 fully saturated rings. The van der Waals surface area contributed by atoms with Crippen molar-refractivity contribution in [1.29, 1.82) is 0 Å². The minimum absolute atomic E-state index is 0.0394. The fourth-order valence-electron chi connectivity index (χ4n) is 1.73. The van der Waals surface area contributed by atoms with E-state index < -0.39 is 0 Å². The molecule has 0 saturated heterocycles. The lowest BCUT2D eigenvalue weighted by molar-refractivity contribution is -0.135. The van der Waals surface area contributed by atoms with Crippen molar-refractivity contribution in [3.8, 4) is 0 Å². The van der Waals surface area contributed by atoms with Gasteiger partial charge in [-0.3, -0.25) is 14.5 Å². The molecule has 0 radical (unpaired) electrons. The third-order valence-electron chi connectivity index (χ3n) is 2.98. The molecular formula is C14H29N3O3. The van der Waals surface area contributed by atoms with E-state index in [4.69, 9.17) is 5.11 Å². The number of hydrogen-bond donors (Lipinski definition) is 2. The van der Waals surface area contributed by atoms with E-state index in [1.807, 2.05) is 11.8 Å². The summed E-state index contributed by atoms with van der Waals surface area (Å²) in [6.07, 6.45) is 2.92. The van der Waals surface area contributed by atoms with Crippen molar-refractivity contribution in [2.75, 3.05) is 46.4 Å². The average molecular weight is 287 g/mol. The van der Waals surface area contributed by atoms with Gasteiger partial charge in [-0.05, 0) is 19.4 Å². The van der Waals surface area contributed by atoms with Crippen LogP contribution >= 0.6 is 0 Å². The van der Waals surface area contributed by atoms with Gasteiger partial charge in [-0.2, -0.15) is 0 Å². The molecule has 2 amide bonds. The van der Waals surface area contributed by atoms with Crippen LogP contribution in [0.5, 0.6) is 0 Å². The van der Waals surface area contributed by atoms with Crippen LogP contribution in [0.1, 0.15) is 33.1 Å². The van der Waals surface area contributed by atoms with Crippen LogP contribution in [0.3, 0.4) is 0 Å². The Labute approximate surface area is 122 Å². The predicted molar refractivity (Wildman–Crippen MR) is 79.4 cm³/mol. The summed E-state index contributed by atoms with van der Waals surface area (Å²) >= 11 is 0. The number of nitrogens with one attached hydrogen (secondary N) is 1. The lowest BCUT2D eigenvalue weighted by Crippen LogP contribution is -2.44. The van der Waals surface area contributed by atoms with Gasteiger partial charge < -0.3 is 15.3 Å². The highest BCUT2D eigenvalue weighted by Gasteiger charge is 2.16. The predicted octanol–water partition coefficient (Wildman–Crippen LogP) is 0.0654. The van der Waals surface area contributed by atoms with Crippen molar-refractivity contribution in [2.45, 2.75) is 33.1 Å². The van der Waals surface area contributed by atoms with Crippen LogP contribution in [-0.4, -0.2) is 73.1 Å². The first-order chi connectivity index (χ1) is 9.54. The number of hydrogen-bond acceptors (Lipinski definition) is 4. The normalized spacial score (nSPS) is 10.7. The van der Waals surface area contributed by atoms with Crippen molar-refractivity contribution in [2.24, 2.45) is 0 Å². The lowest BCUT2D eigenvalue weighted by atomic mass is 10.3. The van der Waals surface area contributed by atoms with E-state index in [0.717, 1.165) is 25.8 Å². The Morgan fingerprint density at radius 3 is 2.35 bits per heavy atom. The highest BCUT2D eigenvalue weighted by molar-refractivity contribution is 5.85. The summed E-state index contributed by atoms with van der Waals surface area (Å²) in [5, 5.41) is 11.7. The van der Waals surface area contributed by atoms with Crippen LogP contribution in [-0.2, 0) is 9.59 Å². The Kier molecular flexibility index (Phi) is 11.0. The minimum atomic E-state index is -0.134. The van der Waals surface area contributed by atoms with Gasteiger partial charge in [0.05, 0.1) is 19.7 Å². The average Bonchev–Trinajstić information content (AvgIpc) is 2.42. The SMILES string of the molecule is CCCCN(CCO)CC(=O)N(C)CC(=O)NCCC. The molecular weight excluding hydrogens is 258 g/mol. The van der Waals surface area contributed by atoms with E-state index in [1.165, 1.54) is 4.90 Å². The molecule has 20 heavy (non-hydrogen) atoms. The highest BCUT2D eigenvalue weighted by Crippen LogP contribution is 1.97. The number of amides is 2. The van der Waals surface area contributed by atoms with Gasteiger partial charge in [0.1, 0.15) is 0 Å². The second-order valence-electron chi connectivity index (χ2n) is 4.95. The summed E-state index contributed by atoms with van der Waals surface area (Å²) in [4.78, 5) is 26.9. The molecule has 0 aliphatic rings. The van der Waals surface area contributed by atoms with Crippen LogP contribution in [0, 0.1) is 0 Å². The van der Waals surface area contributed by atoms with Crippen LogP contribution in [0.4, 0.5) is 0 Å². The summed E-state index contributed by atoms with van der Waals surface area (Å²) < 4.78 is 0. The molecule has 0 bridgehead atoms. The van der Waals surface area contributed by atoms with Crippen molar-refractivity contribution in [1.82, 2.24) is 15.1 Å². The Bertz CT molecular complexity index is 285. The zero-order valence-corrected chi connectivity index (χ0v) is 13.0. The minimum Gasteiger partial charge on any atom is -0.395 e. The molecule has 6 nitrogen and oxygen atoms in total. The topological polar surface area (TPSA) is 72.9 Å². The Balaban J connectivity index is 4.16. The molecule has 0 aromatic carbocycles. The Hall–Kier alpha value is -1.14. The van der Waals surface area contributed by atoms with Gasteiger partial charge in [0.2, 0.25) is 11.8 Å². The third kappa shape index (κ3) is 8.87. The maximum atomic E-state index is 12.0. The van der Waals surface area contributed by atoms with E-state index in [1.54, 1.807) is 7.05 Å². The zero-order valence-electron chi connectivity index (χ0n) is 13.0. The van der Waals surface area contributed by atoms with Crippen molar-refractivity contribution in [3.63, 3.8) is 0 Å². The molecule has 0 saturated carbocycles. The number of nitrogens with zero attached hydrogens (tertiary/aromatic N) is 2. The van der Waals surface area contributed by atoms with E-state index >= 15 is 0 Å². The van der Waals surface area contributed by atoms with Gasteiger partial charge in [0, 0.05) is 20.1 Å². The standard InChI is InChI=1S/C14H29N3O3/c1-4-6-8-17(9-10-18)12-14(20)16(3)11-13(19)15-7-5-2/h18H,4-12H2,1-3H3,(H,15,19). The molecule has 0 atom stereocenters. The van der Waals surface area contributed by atoms with E-state index in [2.05, 4.69) is 12.2 Å². The second-order valence-corrected chi connectivity index (χ2v) is 4.95. The fourth-order valence-corrected chi connectivity index (χ4v) is 1.73. The quantitative estimate of drug-likeness (QED) is 0.564.